The molecule has 0 radical (unpaired) electrons. The average Bonchev–Trinajstić information content (AvgIpc) is 1.59. The lowest BCUT2D eigenvalue weighted by Gasteiger charge is -2.37. The molecular formula is C68H83ClN20O7S2. The van der Waals surface area contributed by atoms with Crippen LogP contribution in [0.2, 0.25) is 5.15 Å². The third-order valence-corrected chi connectivity index (χ3v) is 19.3. The summed E-state index contributed by atoms with van der Waals surface area (Å²) in [6.45, 7) is 18.0. The number of amides is 1. The summed E-state index contributed by atoms with van der Waals surface area (Å²) in [5.41, 5.74) is 7.67. The molecular weight excluding hydrogens is 1310 g/mol. The van der Waals surface area contributed by atoms with Crippen LogP contribution in [0.3, 0.4) is 0 Å². The second-order valence-electron chi connectivity index (χ2n) is 25.3. The van der Waals surface area contributed by atoms with Crippen LogP contribution < -0.4 is 19.5 Å². The summed E-state index contributed by atoms with van der Waals surface area (Å²) in [5.74, 6) is 2.49. The van der Waals surface area contributed by atoms with E-state index >= 15 is 0 Å². The number of rotatable bonds is 10. The van der Waals surface area contributed by atoms with Crippen LogP contribution in [-0.4, -0.2) is 164 Å². The van der Waals surface area contributed by atoms with E-state index in [-0.39, 0.29) is 35.8 Å². The predicted octanol–water partition coefficient (Wildman–Crippen LogP) is 11.6. The van der Waals surface area contributed by atoms with E-state index in [9.17, 15) is 9.59 Å². The second kappa shape index (κ2) is 32.8. The van der Waals surface area contributed by atoms with Crippen molar-refractivity contribution in [3.05, 3.63) is 161 Å². The van der Waals surface area contributed by atoms with Crippen LogP contribution in [0, 0.1) is 39.5 Å². The molecule has 2 saturated heterocycles. The van der Waals surface area contributed by atoms with E-state index in [1.807, 2.05) is 111 Å². The molecule has 0 unspecified atom stereocenters. The number of imidazole rings is 4. The van der Waals surface area contributed by atoms with Gasteiger partial charge in [-0.3, -0.25) is 4.79 Å². The summed E-state index contributed by atoms with van der Waals surface area (Å²) in [5, 5.41) is 42.6. The first-order valence-electron chi connectivity index (χ1n) is 33.1. The SMILES string of the molecule is CC1CCC(O)CC1.Cc1cn2ccnc(Cl)c2n1.Cc1cn2ccnc(OC3CCC(C)CC3)c2n1.Cc1cn2ccnc(O[C@@H]3CC[C@@H](C)N(C(=O)c4ccsc4-n4nccn4)C3)c2n1.Cc1cn2ccnc(O[C@@H]3CC[C@@H](C)NC3)c2n1.O=C(O)c1ccsc1-n1nccn1. The second-order valence-corrected chi connectivity index (χ2v) is 27.4. The Morgan fingerprint density at radius 1 is 0.510 bits per heavy atom. The zero-order valence-corrected chi connectivity index (χ0v) is 58.6. The van der Waals surface area contributed by atoms with Gasteiger partial charge in [0.25, 0.3) is 23.5 Å². The fraction of sp³-hybridized carbons (Fsp3) is 0.441. The first-order valence-corrected chi connectivity index (χ1v) is 35.2. The van der Waals surface area contributed by atoms with Crippen molar-refractivity contribution in [3.8, 4) is 27.6 Å². The van der Waals surface area contributed by atoms with E-state index in [2.05, 4.69) is 93.3 Å². The maximum Gasteiger partial charge on any atom is 0.338 e. The number of nitrogens with zero attached hydrogens (tertiary/aromatic N) is 19. The van der Waals surface area contributed by atoms with Crippen LogP contribution in [0.5, 0.6) is 17.6 Å². The van der Waals surface area contributed by atoms with Gasteiger partial charge in [-0.15, -0.1) is 32.3 Å². The number of thiophene rings is 2. The Bertz CT molecular complexity index is 4390. The molecule has 30 heteroatoms. The summed E-state index contributed by atoms with van der Waals surface area (Å²) in [7, 11) is 0. The Morgan fingerprint density at radius 2 is 0.918 bits per heavy atom. The van der Waals surface area contributed by atoms with Crippen molar-refractivity contribution in [3.63, 3.8) is 0 Å². The van der Waals surface area contributed by atoms with Crippen LogP contribution in [0.15, 0.2) is 122 Å². The molecule has 4 atom stereocenters. The number of carbonyl (C=O) groups excluding carboxylic acids is 1. The van der Waals surface area contributed by atoms with Gasteiger partial charge in [-0.2, -0.15) is 20.4 Å². The minimum Gasteiger partial charge on any atom is -0.478 e. The van der Waals surface area contributed by atoms with Crippen LogP contribution in [0.1, 0.15) is 148 Å². The minimum absolute atomic E-state index is 0.0196. The Kier molecular flexibility index (Phi) is 23.5. The van der Waals surface area contributed by atoms with Gasteiger partial charge in [0.05, 0.1) is 71.3 Å². The molecule has 14 heterocycles. The van der Waals surface area contributed by atoms with E-state index in [4.69, 9.17) is 36.0 Å². The number of carbonyl (C=O) groups is 2. The van der Waals surface area contributed by atoms with Crippen molar-refractivity contribution >= 4 is 68.7 Å². The van der Waals surface area contributed by atoms with Crippen molar-refractivity contribution in [2.75, 3.05) is 13.1 Å². The largest absolute Gasteiger partial charge is 0.478 e. The van der Waals surface area contributed by atoms with Gasteiger partial charge < -0.3 is 52.2 Å². The number of aromatic carboxylic acids is 1. The molecule has 0 bridgehead atoms. The number of aliphatic hydroxyl groups is 1. The highest BCUT2D eigenvalue weighted by molar-refractivity contribution is 7.13. The molecule has 1 amide bonds. The number of carboxylic acid groups (broad SMARTS) is 1. The molecule has 2 aliphatic carbocycles. The zero-order valence-electron chi connectivity index (χ0n) is 56.2. The molecule has 16 rings (SSSR count). The van der Waals surface area contributed by atoms with Crippen molar-refractivity contribution in [2.24, 2.45) is 11.8 Å². The maximum absolute atomic E-state index is 13.4. The summed E-state index contributed by atoms with van der Waals surface area (Å²) < 4.78 is 25.9. The lowest BCUT2D eigenvalue weighted by atomic mass is 9.89. The molecule has 12 aromatic heterocycles. The molecule has 27 nitrogen and oxygen atoms in total. The lowest BCUT2D eigenvalue weighted by Crippen LogP contribution is -2.49. The molecule has 12 aromatic rings. The fourth-order valence-electron chi connectivity index (χ4n) is 11.9. The number of aryl methyl sites for hydroxylation is 4. The van der Waals surface area contributed by atoms with Gasteiger partial charge in [0, 0.05) is 93.0 Å². The molecule has 0 aromatic carbocycles. The third kappa shape index (κ3) is 18.1. The lowest BCUT2D eigenvalue weighted by molar-refractivity contribution is 0.0376. The topological polar surface area (TPSA) is 300 Å². The molecule has 0 spiro atoms. The number of aliphatic hydroxyl groups excluding tert-OH is 1. The Hall–Kier alpha value is -9.29. The van der Waals surface area contributed by atoms with E-state index in [1.165, 1.54) is 76.4 Å². The van der Waals surface area contributed by atoms with Crippen molar-refractivity contribution in [1.29, 1.82) is 0 Å². The number of nitrogens with one attached hydrogen (secondary N) is 1. The number of hydrogen-bond acceptors (Lipinski definition) is 21. The third-order valence-electron chi connectivity index (χ3n) is 17.3. The number of likely N-dealkylation sites (tertiary alicyclic amines) is 1. The molecule has 4 fully saturated rings. The van der Waals surface area contributed by atoms with E-state index in [1.54, 1.807) is 42.6 Å². The van der Waals surface area contributed by atoms with Crippen LogP contribution in [-0.2, 0) is 0 Å². The van der Waals surface area contributed by atoms with Crippen molar-refractivity contribution in [1.82, 2.24) is 97.7 Å². The van der Waals surface area contributed by atoms with Gasteiger partial charge in [-0.05, 0) is 153 Å². The van der Waals surface area contributed by atoms with Gasteiger partial charge in [-0.1, -0.05) is 25.4 Å². The number of piperidine rings is 2. The monoisotopic (exact) mass is 1390 g/mol. The first-order chi connectivity index (χ1) is 47.4. The number of carboxylic acids is 1. The number of aromatic nitrogens is 18. The molecule has 3 N–H and O–H groups in total. The Labute approximate surface area is 579 Å². The van der Waals surface area contributed by atoms with Crippen molar-refractivity contribution < 1.29 is 34.0 Å². The van der Waals surface area contributed by atoms with Gasteiger partial charge in [0.15, 0.2) is 20.8 Å². The Balaban J connectivity index is 0.000000125. The normalized spacial score (nSPS) is 20.7. The fourth-order valence-corrected chi connectivity index (χ4v) is 13.7. The summed E-state index contributed by atoms with van der Waals surface area (Å²) in [4.78, 5) is 63.3. The standard InChI is InChI=1S/C20H21N7O2S.C14H19N3O.C13H18N4O.C7H6ClN3.C7H5N3O2S.C7H14O/c1-13-11-25-9-8-21-18(17(25)24-13)29-15-4-3-14(2)26(12-15)19(28)16-5-10-30-20(16)27-22-6-7-23-27;1-10-3-5-12(6-4-10)18-14-13-16-11(2)9-17(13)8-7-15-14;1-9-3-4-11(7-15-9)18-13-12-16-10(2)8-17(12)6-5-14-13;1-5-4-11-3-2-9-6(8)7(11)10-5;11-7(12)5-1-4-13-6(5)10-8-2-3-9-10;1-6-2-4-7(8)5-3-6/h5-11,14-15H,3-4,12H2,1-2H3;7-10,12H,3-6H2,1-2H3;5-6,8-9,11,15H,3-4,7H2,1-2H3;2-4H,1H3;1-4H,(H,11,12);6-8H,2-5H2,1H3/t14-,15-;;9-,11-;;;/m1.1.../s1. The number of hydrogen-bond donors (Lipinski definition) is 3. The summed E-state index contributed by atoms with van der Waals surface area (Å²) in [6.07, 6.45) is 41.9. The van der Waals surface area contributed by atoms with Crippen LogP contribution >= 0.6 is 34.3 Å². The van der Waals surface area contributed by atoms with E-state index in [0.29, 0.717) is 63.3 Å². The van der Waals surface area contributed by atoms with Gasteiger partial charge in [0.2, 0.25) is 16.9 Å². The molecule has 516 valence electrons. The van der Waals surface area contributed by atoms with E-state index in [0.717, 1.165) is 109 Å². The summed E-state index contributed by atoms with van der Waals surface area (Å²) in [6, 6.07) is 4.07. The molecule has 2 saturated carbocycles. The van der Waals surface area contributed by atoms with Crippen molar-refractivity contribution in [2.45, 2.75) is 169 Å². The predicted molar refractivity (Wildman–Crippen MR) is 372 cm³/mol. The van der Waals surface area contributed by atoms with Crippen LogP contribution in [0.25, 0.3) is 32.6 Å². The average molecular weight is 1390 g/mol. The molecule has 4 aliphatic rings. The molecule has 2 aliphatic heterocycles. The Morgan fingerprint density at radius 3 is 1.38 bits per heavy atom. The zero-order chi connectivity index (χ0) is 68.8. The van der Waals surface area contributed by atoms with Gasteiger partial charge >= 0.3 is 5.97 Å². The van der Waals surface area contributed by atoms with Gasteiger partial charge in [-0.25, -0.2) is 44.7 Å². The van der Waals surface area contributed by atoms with E-state index < -0.39 is 5.97 Å². The number of ether oxygens (including phenoxy) is 3. The van der Waals surface area contributed by atoms with Gasteiger partial charge in [0.1, 0.15) is 18.3 Å². The number of halogens is 1. The highest BCUT2D eigenvalue weighted by atomic mass is 35.5. The maximum atomic E-state index is 13.4. The quantitative estimate of drug-likeness (QED) is 0.115. The highest BCUT2D eigenvalue weighted by Gasteiger charge is 2.33. The smallest absolute Gasteiger partial charge is 0.338 e. The summed E-state index contributed by atoms with van der Waals surface area (Å²) >= 11 is 8.51. The van der Waals surface area contributed by atoms with Crippen LogP contribution in [0.4, 0.5) is 0 Å². The highest BCUT2D eigenvalue weighted by Crippen LogP contribution is 2.31. The minimum atomic E-state index is -0.964. The molecule has 98 heavy (non-hydrogen) atoms. The number of fused-ring (bicyclic) bond motifs is 4. The first kappa shape index (κ1) is 70.0.